The minimum absolute atomic E-state index is 0.805. The maximum absolute atomic E-state index is 4.71. The van der Waals surface area contributed by atoms with Gasteiger partial charge in [0.1, 0.15) is 10.8 Å². The van der Waals surface area contributed by atoms with E-state index in [0.29, 0.717) is 0 Å². The van der Waals surface area contributed by atoms with Gasteiger partial charge in [0.2, 0.25) is 5.13 Å². The first-order valence-electron chi connectivity index (χ1n) is 7.39. The lowest BCUT2D eigenvalue weighted by Crippen LogP contribution is -2.10. The maximum atomic E-state index is 4.71. The molecule has 1 N–H and O–H groups in total. The van der Waals surface area contributed by atoms with E-state index in [4.69, 9.17) is 4.98 Å². The van der Waals surface area contributed by atoms with Crippen molar-refractivity contribution < 1.29 is 0 Å². The van der Waals surface area contributed by atoms with Gasteiger partial charge >= 0.3 is 0 Å². The van der Waals surface area contributed by atoms with Gasteiger partial charge in [0.25, 0.3) is 0 Å². The van der Waals surface area contributed by atoms with Crippen molar-refractivity contribution >= 4 is 16.5 Å². The Morgan fingerprint density at radius 1 is 1.25 bits per heavy atom. The minimum atomic E-state index is 0.805. The van der Waals surface area contributed by atoms with Gasteiger partial charge in [-0.2, -0.15) is 0 Å². The predicted octanol–water partition coefficient (Wildman–Crippen LogP) is 2.79. The molecule has 5 nitrogen and oxygen atoms in total. The second-order valence-electron chi connectivity index (χ2n) is 5.27. The summed E-state index contributed by atoms with van der Waals surface area (Å²) in [6.07, 6.45) is 5.92. The van der Waals surface area contributed by atoms with E-state index in [1.807, 2.05) is 0 Å². The minimum Gasteiger partial charge on any atom is -0.360 e. The maximum Gasteiger partial charge on any atom is 0.205 e. The van der Waals surface area contributed by atoms with E-state index >= 15 is 0 Å². The van der Waals surface area contributed by atoms with E-state index in [2.05, 4.69) is 33.9 Å². The molecule has 0 amide bonds. The normalized spacial score (nSPS) is 14.3. The van der Waals surface area contributed by atoms with Gasteiger partial charge in [-0.15, -0.1) is 10.2 Å². The Hall–Kier alpha value is -1.43. The van der Waals surface area contributed by atoms with E-state index in [-0.39, 0.29) is 0 Å². The van der Waals surface area contributed by atoms with Gasteiger partial charge < -0.3 is 9.88 Å². The highest BCUT2D eigenvalue weighted by Gasteiger charge is 2.19. The molecule has 0 radical (unpaired) electrons. The second-order valence-corrected chi connectivity index (χ2v) is 6.34. The lowest BCUT2D eigenvalue weighted by atomic mass is 10.0. The quantitative estimate of drug-likeness (QED) is 0.920. The van der Waals surface area contributed by atoms with Crippen LogP contribution in [0.15, 0.2) is 0 Å². The molecule has 0 atom stereocenters. The number of hydrogen-bond acceptors (Lipinski definition) is 5. The summed E-state index contributed by atoms with van der Waals surface area (Å²) in [5.74, 6) is 1.11. The molecule has 0 aromatic carbocycles. The van der Waals surface area contributed by atoms with Crippen LogP contribution in [0, 0.1) is 6.92 Å². The van der Waals surface area contributed by atoms with Crippen LogP contribution >= 0.6 is 11.3 Å². The van der Waals surface area contributed by atoms with Crippen molar-refractivity contribution in [3.63, 3.8) is 0 Å². The zero-order valence-corrected chi connectivity index (χ0v) is 13.0. The molecule has 20 heavy (non-hydrogen) atoms. The SMILES string of the molecule is CCCNc1nnc(Cn2c(C)nc3c2CCCC3)s1. The van der Waals surface area contributed by atoms with E-state index in [1.54, 1.807) is 11.3 Å². The Morgan fingerprint density at radius 2 is 2.10 bits per heavy atom. The fourth-order valence-electron chi connectivity index (χ4n) is 2.70. The van der Waals surface area contributed by atoms with Crippen LogP contribution in [0.4, 0.5) is 5.13 Å². The lowest BCUT2D eigenvalue weighted by Gasteiger charge is -2.13. The van der Waals surface area contributed by atoms with Gasteiger partial charge in [-0.25, -0.2) is 4.98 Å². The molecule has 3 rings (SSSR count). The number of aromatic nitrogens is 4. The fourth-order valence-corrected chi connectivity index (χ4v) is 3.46. The zero-order valence-electron chi connectivity index (χ0n) is 12.1. The molecule has 1 aliphatic rings. The summed E-state index contributed by atoms with van der Waals surface area (Å²) in [6.45, 7) is 6.00. The molecule has 1 aliphatic carbocycles. The van der Waals surface area contributed by atoms with Gasteiger partial charge in [0, 0.05) is 12.2 Å². The Balaban J connectivity index is 1.77. The number of rotatable bonds is 5. The topological polar surface area (TPSA) is 55.6 Å². The molecule has 2 aromatic rings. The van der Waals surface area contributed by atoms with Crippen molar-refractivity contribution in [2.24, 2.45) is 0 Å². The number of aryl methyl sites for hydroxylation is 2. The van der Waals surface area contributed by atoms with Crippen LogP contribution in [0.3, 0.4) is 0 Å². The van der Waals surface area contributed by atoms with Crippen LogP contribution in [0.5, 0.6) is 0 Å². The summed E-state index contributed by atoms with van der Waals surface area (Å²) >= 11 is 1.65. The van der Waals surface area contributed by atoms with Crippen LogP contribution in [0.25, 0.3) is 0 Å². The summed E-state index contributed by atoms with van der Waals surface area (Å²) in [7, 11) is 0. The number of fused-ring (bicyclic) bond motifs is 1. The van der Waals surface area contributed by atoms with Gasteiger partial charge in [-0.05, 0) is 39.0 Å². The number of anilines is 1. The Morgan fingerprint density at radius 3 is 2.95 bits per heavy atom. The highest BCUT2D eigenvalue weighted by Crippen LogP contribution is 2.24. The van der Waals surface area contributed by atoms with Crippen molar-refractivity contribution in [1.29, 1.82) is 0 Å². The third kappa shape index (κ3) is 2.70. The Kier molecular flexibility index (Phi) is 4.00. The van der Waals surface area contributed by atoms with E-state index < -0.39 is 0 Å². The van der Waals surface area contributed by atoms with Crippen molar-refractivity contribution in [1.82, 2.24) is 19.7 Å². The third-order valence-corrected chi connectivity index (χ3v) is 4.58. The van der Waals surface area contributed by atoms with Crippen LogP contribution in [-0.4, -0.2) is 26.3 Å². The van der Waals surface area contributed by atoms with Crippen molar-refractivity contribution in [2.45, 2.75) is 52.5 Å². The van der Waals surface area contributed by atoms with Gasteiger partial charge in [0.05, 0.1) is 12.2 Å². The first kappa shape index (κ1) is 13.5. The highest BCUT2D eigenvalue weighted by molar-refractivity contribution is 7.15. The highest BCUT2D eigenvalue weighted by atomic mass is 32.1. The molecule has 0 bridgehead atoms. The number of imidazole rings is 1. The third-order valence-electron chi connectivity index (χ3n) is 3.71. The van der Waals surface area contributed by atoms with E-state index in [0.717, 1.165) is 48.3 Å². The van der Waals surface area contributed by atoms with Crippen LogP contribution in [0.2, 0.25) is 0 Å². The molecular formula is C14H21N5S. The van der Waals surface area contributed by atoms with Gasteiger partial charge in [-0.3, -0.25) is 0 Å². The summed E-state index contributed by atoms with van der Waals surface area (Å²) in [6, 6.07) is 0. The average Bonchev–Trinajstić information content (AvgIpc) is 3.02. The largest absolute Gasteiger partial charge is 0.360 e. The fraction of sp³-hybridized carbons (Fsp3) is 0.643. The van der Waals surface area contributed by atoms with Crippen LogP contribution in [0.1, 0.15) is 48.4 Å². The molecule has 0 aliphatic heterocycles. The molecule has 2 aromatic heterocycles. The number of hydrogen-bond donors (Lipinski definition) is 1. The first-order chi connectivity index (χ1) is 9.78. The molecule has 0 saturated heterocycles. The van der Waals surface area contributed by atoms with Gasteiger partial charge in [0.15, 0.2) is 0 Å². The Bertz CT molecular complexity index is 586. The lowest BCUT2D eigenvalue weighted by molar-refractivity contribution is 0.622. The van der Waals surface area contributed by atoms with E-state index in [9.17, 15) is 0 Å². The Labute approximate surface area is 123 Å². The molecule has 0 saturated carbocycles. The van der Waals surface area contributed by atoms with Crippen molar-refractivity contribution in [3.05, 3.63) is 22.2 Å². The summed E-state index contributed by atoms with van der Waals surface area (Å²) in [4.78, 5) is 4.71. The summed E-state index contributed by atoms with van der Waals surface area (Å²) in [5.41, 5.74) is 2.70. The van der Waals surface area contributed by atoms with E-state index in [1.165, 1.54) is 24.2 Å². The smallest absolute Gasteiger partial charge is 0.205 e. The summed E-state index contributed by atoms with van der Waals surface area (Å²) < 4.78 is 2.32. The number of nitrogens with zero attached hydrogens (tertiary/aromatic N) is 4. The molecular weight excluding hydrogens is 270 g/mol. The summed E-state index contributed by atoms with van der Waals surface area (Å²) in [5, 5.41) is 13.8. The predicted molar refractivity (Wildman–Crippen MR) is 81.4 cm³/mol. The van der Waals surface area contributed by atoms with Crippen LogP contribution < -0.4 is 5.32 Å². The second kappa shape index (κ2) is 5.91. The molecule has 0 spiro atoms. The average molecular weight is 291 g/mol. The molecule has 6 heteroatoms. The van der Waals surface area contributed by atoms with Gasteiger partial charge in [-0.1, -0.05) is 18.3 Å². The molecule has 0 unspecified atom stereocenters. The molecule has 0 fully saturated rings. The first-order valence-corrected chi connectivity index (χ1v) is 8.20. The van der Waals surface area contributed by atoms with Crippen molar-refractivity contribution in [2.75, 3.05) is 11.9 Å². The number of nitrogens with one attached hydrogen (secondary N) is 1. The zero-order chi connectivity index (χ0) is 13.9. The molecule has 2 heterocycles. The molecule has 108 valence electrons. The van der Waals surface area contributed by atoms with Crippen molar-refractivity contribution in [3.8, 4) is 0 Å². The standard InChI is InChI=1S/C14H21N5S/c1-3-8-15-14-18-17-13(20-14)9-19-10(2)16-11-6-4-5-7-12(11)19/h3-9H2,1-2H3,(H,15,18). The monoisotopic (exact) mass is 291 g/mol. The van der Waals surface area contributed by atoms with Crippen LogP contribution in [-0.2, 0) is 19.4 Å².